The molecular weight excluding hydrogens is 376 g/mol. The first-order valence-corrected chi connectivity index (χ1v) is 8.95. The molecule has 0 saturated heterocycles. The highest BCUT2D eigenvalue weighted by atomic mass is 79.9. The molecule has 5 heteroatoms. The number of hydrogen-bond donors (Lipinski definition) is 0. The Morgan fingerprint density at radius 2 is 1.61 bits per heavy atom. The Bertz CT molecular complexity index is 701. The van der Waals surface area contributed by atoms with E-state index in [9.17, 15) is 4.79 Å². The normalized spacial score (nSPS) is 17.4. The summed E-state index contributed by atoms with van der Waals surface area (Å²) in [7, 11) is 0. The van der Waals surface area contributed by atoms with E-state index in [1.54, 1.807) is 11.8 Å². The Hall–Kier alpha value is -1.56. The van der Waals surface area contributed by atoms with Gasteiger partial charge in [0.25, 0.3) is 0 Å². The van der Waals surface area contributed by atoms with Gasteiger partial charge in [0.15, 0.2) is 0 Å². The van der Waals surface area contributed by atoms with Gasteiger partial charge in [-0.2, -0.15) is 0 Å². The molecule has 0 aliphatic carbocycles. The quantitative estimate of drug-likeness (QED) is 0.673. The summed E-state index contributed by atoms with van der Waals surface area (Å²) in [4.78, 5) is 12.6. The van der Waals surface area contributed by atoms with E-state index in [1.807, 2.05) is 48.5 Å². The molecule has 0 amide bonds. The summed E-state index contributed by atoms with van der Waals surface area (Å²) >= 11 is 4.87. The van der Waals surface area contributed by atoms with E-state index in [4.69, 9.17) is 9.47 Å². The second-order valence-electron chi connectivity index (χ2n) is 4.99. The van der Waals surface area contributed by atoms with Crippen LogP contribution in [0.5, 0.6) is 0 Å². The lowest BCUT2D eigenvalue weighted by atomic mass is 10.2. The third-order valence-corrected chi connectivity index (χ3v) is 5.50. The number of cyclic esters (lactones) is 1. The van der Waals surface area contributed by atoms with Crippen molar-refractivity contribution in [1.82, 2.24) is 0 Å². The lowest BCUT2D eigenvalue weighted by molar-refractivity contribution is -0.160. The van der Waals surface area contributed by atoms with Crippen LogP contribution in [0.3, 0.4) is 0 Å². The number of carbonyl (C=O) groups is 1. The SMILES string of the molecule is O=C1OC(OCc2ccccc2)C(SCc2ccccc2)=C1Br. The van der Waals surface area contributed by atoms with Crippen LogP contribution in [0.15, 0.2) is 70.1 Å². The summed E-state index contributed by atoms with van der Waals surface area (Å²) < 4.78 is 11.5. The van der Waals surface area contributed by atoms with E-state index in [-0.39, 0.29) is 5.97 Å². The van der Waals surface area contributed by atoms with Gasteiger partial charge in [0.2, 0.25) is 6.29 Å². The zero-order valence-electron chi connectivity index (χ0n) is 12.3. The Morgan fingerprint density at radius 1 is 1.00 bits per heavy atom. The minimum atomic E-state index is -0.647. The van der Waals surface area contributed by atoms with Gasteiger partial charge in [-0.1, -0.05) is 60.7 Å². The maximum absolute atomic E-state index is 11.8. The summed E-state index contributed by atoms with van der Waals surface area (Å²) in [5, 5.41) is 0. The van der Waals surface area contributed by atoms with Gasteiger partial charge in [0.05, 0.1) is 11.5 Å². The second-order valence-corrected chi connectivity index (χ2v) is 6.80. The van der Waals surface area contributed by atoms with Crippen molar-refractivity contribution in [3.8, 4) is 0 Å². The van der Waals surface area contributed by atoms with Crippen LogP contribution in [0.2, 0.25) is 0 Å². The molecule has 1 atom stereocenters. The van der Waals surface area contributed by atoms with Crippen molar-refractivity contribution in [3.63, 3.8) is 0 Å². The molecule has 2 aromatic carbocycles. The van der Waals surface area contributed by atoms with Crippen LogP contribution in [0.1, 0.15) is 11.1 Å². The summed E-state index contributed by atoms with van der Waals surface area (Å²) in [6.07, 6.45) is -0.647. The monoisotopic (exact) mass is 390 g/mol. The molecule has 0 radical (unpaired) electrons. The summed E-state index contributed by atoms with van der Waals surface area (Å²) in [6, 6.07) is 19.9. The number of rotatable bonds is 6. The van der Waals surface area contributed by atoms with Crippen molar-refractivity contribution in [2.75, 3.05) is 0 Å². The minimum absolute atomic E-state index is 0.376. The highest BCUT2D eigenvalue weighted by Crippen LogP contribution is 2.37. The molecular formula is C18H15BrO3S. The molecule has 0 N–H and O–H groups in total. The average Bonchev–Trinajstić information content (AvgIpc) is 2.87. The number of hydrogen-bond acceptors (Lipinski definition) is 4. The fourth-order valence-corrected chi connectivity index (χ4v) is 3.73. The number of esters is 1. The largest absolute Gasteiger partial charge is 0.427 e. The van der Waals surface area contributed by atoms with Crippen LogP contribution in [-0.2, 0) is 26.6 Å². The van der Waals surface area contributed by atoms with Crippen molar-refractivity contribution in [2.24, 2.45) is 0 Å². The summed E-state index contributed by atoms with van der Waals surface area (Å²) in [5.41, 5.74) is 2.23. The van der Waals surface area contributed by atoms with Gasteiger partial charge in [-0.25, -0.2) is 4.79 Å². The molecule has 1 aliphatic rings. The molecule has 0 saturated carbocycles. The summed E-state index contributed by atoms with van der Waals surface area (Å²) in [5.74, 6) is 0.381. The number of carbonyl (C=O) groups excluding carboxylic acids is 1. The fourth-order valence-electron chi connectivity index (χ4n) is 2.13. The van der Waals surface area contributed by atoms with Crippen LogP contribution in [0.4, 0.5) is 0 Å². The van der Waals surface area contributed by atoms with Gasteiger partial charge < -0.3 is 9.47 Å². The molecule has 3 nitrogen and oxygen atoms in total. The van der Waals surface area contributed by atoms with Gasteiger partial charge in [-0.3, -0.25) is 0 Å². The molecule has 23 heavy (non-hydrogen) atoms. The lowest BCUT2D eigenvalue weighted by Gasteiger charge is -2.14. The minimum Gasteiger partial charge on any atom is -0.427 e. The summed E-state index contributed by atoms with van der Waals surface area (Å²) in [6.45, 7) is 0.397. The zero-order chi connectivity index (χ0) is 16.1. The van der Waals surface area contributed by atoms with Crippen LogP contribution < -0.4 is 0 Å². The van der Waals surface area contributed by atoms with Crippen molar-refractivity contribution in [2.45, 2.75) is 18.6 Å². The van der Waals surface area contributed by atoms with E-state index >= 15 is 0 Å². The highest BCUT2D eigenvalue weighted by molar-refractivity contribution is 9.12. The first-order valence-electron chi connectivity index (χ1n) is 7.17. The third kappa shape index (κ3) is 4.25. The maximum Gasteiger partial charge on any atom is 0.348 e. The molecule has 0 spiro atoms. The van der Waals surface area contributed by atoms with Gasteiger partial charge in [0, 0.05) is 5.75 Å². The molecule has 1 heterocycles. The molecule has 1 aliphatic heterocycles. The Balaban J connectivity index is 1.64. The van der Waals surface area contributed by atoms with Crippen molar-refractivity contribution < 1.29 is 14.3 Å². The molecule has 118 valence electrons. The number of halogens is 1. The second kappa shape index (κ2) is 7.81. The Kier molecular flexibility index (Phi) is 5.54. The van der Waals surface area contributed by atoms with Crippen LogP contribution in [-0.4, -0.2) is 12.3 Å². The zero-order valence-corrected chi connectivity index (χ0v) is 14.7. The van der Waals surface area contributed by atoms with Gasteiger partial charge >= 0.3 is 5.97 Å². The molecule has 3 rings (SSSR count). The van der Waals surface area contributed by atoms with E-state index in [0.717, 1.165) is 16.2 Å². The highest BCUT2D eigenvalue weighted by Gasteiger charge is 2.33. The molecule has 2 aromatic rings. The number of thioether (sulfide) groups is 1. The Morgan fingerprint density at radius 3 is 2.26 bits per heavy atom. The van der Waals surface area contributed by atoms with Gasteiger partial charge in [-0.15, -0.1) is 11.8 Å². The molecule has 0 fully saturated rings. The van der Waals surface area contributed by atoms with Crippen molar-refractivity contribution in [1.29, 1.82) is 0 Å². The standard InChI is InChI=1S/C18H15BrO3S/c19-15-16(23-12-14-9-5-2-6-10-14)18(22-17(15)20)21-11-13-7-3-1-4-8-13/h1-10,18H,11-12H2. The predicted octanol–water partition coefficient (Wildman–Crippen LogP) is 4.63. The number of ether oxygens (including phenoxy) is 2. The van der Waals surface area contributed by atoms with Crippen molar-refractivity contribution >= 4 is 33.7 Å². The van der Waals surface area contributed by atoms with Crippen LogP contribution >= 0.6 is 27.7 Å². The van der Waals surface area contributed by atoms with Crippen molar-refractivity contribution in [3.05, 3.63) is 81.2 Å². The van der Waals surface area contributed by atoms with Gasteiger partial charge in [0.1, 0.15) is 4.48 Å². The molecule has 1 unspecified atom stereocenters. The van der Waals surface area contributed by atoms with Crippen LogP contribution in [0.25, 0.3) is 0 Å². The maximum atomic E-state index is 11.8. The third-order valence-electron chi connectivity index (χ3n) is 3.31. The molecule has 0 aromatic heterocycles. The van der Waals surface area contributed by atoms with Crippen LogP contribution in [0, 0.1) is 0 Å². The lowest BCUT2D eigenvalue weighted by Crippen LogP contribution is -2.15. The average molecular weight is 391 g/mol. The first-order chi connectivity index (χ1) is 11.2. The molecule has 0 bridgehead atoms. The Labute approximate surface area is 147 Å². The van der Waals surface area contributed by atoms with E-state index < -0.39 is 6.29 Å². The van der Waals surface area contributed by atoms with E-state index in [1.165, 1.54) is 5.56 Å². The number of benzene rings is 2. The van der Waals surface area contributed by atoms with Gasteiger partial charge in [-0.05, 0) is 27.1 Å². The predicted molar refractivity (Wildman–Crippen MR) is 94.8 cm³/mol. The smallest absolute Gasteiger partial charge is 0.348 e. The first kappa shape index (κ1) is 16.3. The van der Waals surface area contributed by atoms with E-state index in [2.05, 4.69) is 28.1 Å². The topological polar surface area (TPSA) is 35.5 Å². The van der Waals surface area contributed by atoms with E-state index in [0.29, 0.717) is 11.1 Å². The fraction of sp³-hybridized carbons (Fsp3) is 0.167.